The van der Waals surface area contributed by atoms with Gasteiger partial charge in [0.05, 0.1) is 38.9 Å². The maximum Gasteiger partial charge on any atom is 0.145 e. The number of fused-ring (bicyclic) bond motifs is 12. The van der Waals surface area contributed by atoms with Crippen LogP contribution in [0.25, 0.3) is 103 Å². The highest BCUT2D eigenvalue weighted by molar-refractivity contribution is 7.26. The predicted molar refractivity (Wildman–Crippen MR) is 248 cm³/mol. The van der Waals surface area contributed by atoms with Gasteiger partial charge in [-0.25, -0.2) is 0 Å². The van der Waals surface area contributed by atoms with Gasteiger partial charge in [0, 0.05) is 53.0 Å². The summed E-state index contributed by atoms with van der Waals surface area (Å²) in [6, 6.07) is 69.4. The van der Waals surface area contributed by atoms with E-state index in [-0.39, 0.29) is 0 Å². The minimum absolute atomic E-state index is 0.847. The third-order valence-corrected chi connectivity index (χ3v) is 13.1. The number of hydrogen-bond donors (Lipinski definition) is 0. The van der Waals surface area contributed by atoms with E-state index >= 15 is 0 Å². The second-order valence-corrected chi connectivity index (χ2v) is 16.3. The molecule has 0 spiro atoms. The smallest absolute Gasteiger partial charge is 0.145 e. The Bertz CT molecular complexity index is 3660. The van der Waals surface area contributed by atoms with Crippen LogP contribution in [0.4, 0.5) is 17.1 Å². The summed E-state index contributed by atoms with van der Waals surface area (Å²) in [6.45, 7) is 0. The highest BCUT2D eigenvalue weighted by Crippen LogP contribution is 2.52. The maximum atomic E-state index is 7.01. The van der Waals surface area contributed by atoms with Crippen LogP contribution in [0, 0.1) is 0 Å². The zero-order valence-corrected chi connectivity index (χ0v) is 32.4. The number of hydrogen-bond acceptors (Lipinski definition) is 4. The molecular formula is C54H32N2O2S. The Hall–Kier alpha value is -7.60. The summed E-state index contributed by atoms with van der Waals surface area (Å²) in [5.74, 6) is 0. The molecule has 0 bridgehead atoms. The molecule has 4 heterocycles. The summed E-state index contributed by atoms with van der Waals surface area (Å²) in [5.41, 5.74) is 12.2. The predicted octanol–water partition coefficient (Wildman–Crippen LogP) is 16.1. The van der Waals surface area contributed by atoms with Crippen LogP contribution in [0.3, 0.4) is 0 Å². The van der Waals surface area contributed by atoms with Gasteiger partial charge < -0.3 is 18.3 Å². The minimum Gasteiger partial charge on any atom is -0.456 e. The number of para-hydroxylation sites is 4. The van der Waals surface area contributed by atoms with Crippen molar-refractivity contribution in [3.05, 3.63) is 194 Å². The molecule has 0 saturated carbocycles. The molecule has 13 rings (SSSR count). The van der Waals surface area contributed by atoms with Crippen LogP contribution in [-0.2, 0) is 0 Å². The topological polar surface area (TPSA) is 34.5 Å². The standard InChI is InChI=1S/C54H32N2O2S/c1-6-21-41-36(16-1)37-17-2-7-22-42(37)55(41)34-15-11-14-33(32-34)35-30-31-45(53-39-19-4-9-26-47(39)58-54(35)53)56(43-23-12-27-48-51(43)38-18-3-8-25-46(38)57-48)44-24-13-29-50-52(44)40-20-5-10-28-49(40)59-50/h1-32H. The first-order valence-electron chi connectivity index (χ1n) is 19.9. The van der Waals surface area contributed by atoms with Crippen molar-refractivity contribution in [3.63, 3.8) is 0 Å². The van der Waals surface area contributed by atoms with Gasteiger partial charge in [0.1, 0.15) is 22.3 Å². The molecule has 0 fully saturated rings. The molecule has 0 aliphatic heterocycles. The van der Waals surface area contributed by atoms with Crippen molar-refractivity contribution in [2.75, 3.05) is 4.90 Å². The van der Waals surface area contributed by atoms with Crippen LogP contribution < -0.4 is 4.90 Å². The van der Waals surface area contributed by atoms with Gasteiger partial charge in [-0.15, -0.1) is 11.3 Å². The first-order chi connectivity index (χ1) is 29.3. The van der Waals surface area contributed by atoms with Crippen LogP contribution in [-0.4, -0.2) is 4.57 Å². The van der Waals surface area contributed by atoms with Gasteiger partial charge >= 0.3 is 0 Å². The van der Waals surface area contributed by atoms with E-state index in [1.54, 1.807) is 0 Å². The zero-order chi connectivity index (χ0) is 38.6. The first-order valence-corrected chi connectivity index (χ1v) is 20.7. The Labute approximate surface area is 342 Å². The fourth-order valence-electron chi connectivity index (χ4n) is 9.51. The molecule has 0 aliphatic carbocycles. The molecule has 0 unspecified atom stereocenters. The monoisotopic (exact) mass is 772 g/mol. The SMILES string of the molecule is c1cc(-c2ccc(N(c3cccc4oc5ccccc5c34)c3cccc4sc5ccccc5c34)c3c2oc2ccccc23)cc(-n2c3ccccc3c3ccccc32)c1. The van der Waals surface area contributed by atoms with Gasteiger partial charge in [0.25, 0.3) is 0 Å². The molecule has 0 atom stereocenters. The Morgan fingerprint density at radius 1 is 0.390 bits per heavy atom. The van der Waals surface area contributed by atoms with E-state index in [0.29, 0.717) is 0 Å². The number of rotatable bonds is 5. The van der Waals surface area contributed by atoms with Crippen molar-refractivity contribution in [1.29, 1.82) is 0 Å². The van der Waals surface area contributed by atoms with E-state index in [9.17, 15) is 0 Å². The second kappa shape index (κ2) is 12.4. The van der Waals surface area contributed by atoms with Crippen LogP contribution in [0.5, 0.6) is 0 Å². The lowest BCUT2D eigenvalue weighted by molar-refractivity contribution is 0.669. The van der Waals surface area contributed by atoms with Crippen LogP contribution >= 0.6 is 11.3 Å². The van der Waals surface area contributed by atoms with Crippen molar-refractivity contribution in [3.8, 4) is 16.8 Å². The van der Waals surface area contributed by atoms with Gasteiger partial charge in [0.2, 0.25) is 0 Å². The molecule has 0 N–H and O–H groups in total. The van der Waals surface area contributed by atoms with E-state index in [1.807, 2.05) is 17.4 Å². The third-order valence-electron chi connectivity index (χ3n) is 12.0. The minimum atomic E-state index is 0.847. The lowest BCUT2D eigenvalue weighted by Gasteiger charge is -2.28. The van der Waals surface area contributed by atoms with Crippen molar-refractivity contribution >= 4 is 114 Å². The lowest BCUT2D eigenvalue weighted by atomic mass is 9.98. The van der Waals surface area contributed by atoms with Crippen molar-refractivity contribution in [2.24, 2.45) is 0 Å². The summed E-state index contributed by atoms with van der Waals surface area (Å²) in [6.07, 6.45) is 0. The largest absolute Gasteiger partial charge is 0.456 e. The summed E-state index contributed by atoms with van der Waals surface area (Å²) >= 11 is 1.83. The number of benzene rings is 9. The van der Waals surface area contributed by atoms with Crippen LogP contribution in [0.15, 0.2) is 203 Å². The summed E-state index contributed by atoms with van der Waals surface area (Å²) < 4.78 is 18.4. The average molecular weight is 773 g/mol. The van der Waals surface area contributed by atoms with E-state index < -0.39 is 0 Å². The van der Waals surface area contributed by atoms with Crippen molar-refractivity contribution < 1.29 is 8.83 Å². The lowest BCUT2D eigenvalue weighted by Crippen LogP contribution is -2.11. The number of nitrogens with zero attached hydrogens (tertiary/aromatic N) is 2. The highest BCUT2D eigenvalue weighted by Gasteiger charge is 2.27. The fraction of sp³-hybridized carbons (Fsp3) is 0. The third kappa shape index (κ3) is 4.71. The molecule has 4 aromatic heterocycles. The fourth-order valence-corrected chi connectivity index (χ4v) is 10.6. The summed E-state index contributed by atoms with van der Waals surface area (Å²) in [7, 11) is 0. The number of thiophene rings is 1. The molecule has 0 saturated heterocycles. The van der Waals surface area contributed by atoms with Gasteiger partial charge in [0.15, 0.2) is 0 Å². The number of anilines is 3. The second-order valence-electron chi connectivity index (χ2n) is 15.2. The molecule has 4 nitrogen and oxygen atoms in total. The summed E-state index contributed by atoms with van der Waals surface area (Å²) in [5, 5.41) is 9.22. The molecule has 5 heteroatoms. The van der Waals surface area contributed by atoms with Gasteiger partial charge in [-0.2, -0.15) is 0 Å². The maximum absolute atomic E-state index is 7.01. The molecule has 276 valence electrons. The Morgan fingerprint density at radius 2 is 0.949 bits per heavy atom. The Balaban J connectivity index is 1.11. The quantitative estimate of drug-likeness (QED) is 0.175. The molecular weight excluding hydrogens is 741 g/mol. The molecule has 13 aromatic rings. The summed E-state index contributed by atoms with van der Waals surface area (Å²) in [4.78, 5) is 2.45. The highest BCUT2D eigenvalue weighted by atomic mass is 32.1. The van der Waals surface area contributed by atoms with Crippen LogP contribution in [0.1, 0.15) is 0 Å². The van der Waals surface area contributed by atoms with Crippen molar-refractivity contribution in [1.82, 2.24) is 4.57 Å². The van der Waals surface area contributed by atoms with E-state index in [4.69, 9.17) is 8.83 Å². The normalized spacial score (nSPS) is 12.1. The zero-order valence-electron chi connectivity index (χ0n) is 31.6. The van der Waals surface area contributed by atoms with Gasteiger partial charge in [-0.3, -0.25) is 0 Å². The van der Waals surface area contributed by atoms with Gasteiger partial charge in [-0.1, -0.05) is 115 Å². The Morgan fingerprint density at radius 3 is 1.73 bits per heavy atom. The average Bonchev–Trinajstić information content (AvgIpc) is 4.06. The van der Waals surface area contributed by atoms with E-state index in [0.717, 1.165) is 77.8 Å². The molecule has 0 radical (unpaired) electrons. The molecule has 0 amide bonds. The number of aromatic nitrogens is 1. The molecule has 0 aliphatic rings. The molecule has 59 heavy (non-hydrogen) atoms. The van der Waals surface area contributed by atoms with E-state index in [1.165, 1.54) is 42.0 Å². The van der Waals surface area contributed by atoms with Crippen molar-refractivity contribution in [2.45, 2.75) is 0 Å². The Kier molecular flexibility index (Phi) is 6.85. The molecule has 9 aromatic carbocycles. The number of furan rings is 2. The van der Waals surface area contributed by atoms with Gasteiger partial charge in [-0.05, 0) is 84.4 Å². The van der Waals surface area contributed by atoms with Crippen LogP contribution in [0.2, 0.25) is 0 Å². The van der Waals surface area contributed by atoms with E-state index in [2.05, 4.69) is 198 Å². The first kappa shape index (κ1) is 32.5.